The zero-order valence-electron chi connectivity index (χ0n) is 11.4. The highest BCUT2D eigenvalue weighted by Gasteiger charge is 2.03. The van der Waals surface area contributed by atoms with Gasteiger partial charge in [0.1, 0.15) is 0 Å². The number of hydrogen-bond donors (Lipinski definition) is 1. The van der Waals surface area contributed by atoms with Crippen LogP contribution in [0.4, 0.5) is 0 Å². The predicted octanol–water partition coefficient (Wildman–Crippen LogP) is 2.66. The Morgan fingerprint density at radius 3 is 2.56 bits per heavy atom. The quantitative estimate of drug-likeness (QED) is 0.875. The minimum atomic E-state index is 0.843. The van der Waals surface area contributed by atoms with Crippen molar-refractivity contribution in [1.29, 1.82) is 0 Å². The highest BCUT2D eigenvalue weighted by Crippen LogP contribution is 2.11. The summed E-state index contributed by atoms with van der Waals surface area (Å²) in [7, 11) is 0. The van der Waals surface area contributed by atoms with Crippen LogP contribution in [0, 0.1) is 13.8 Å². The molecule has 0 spiro atoms. The Hall–Kier alpha value is -1.61. The molecule has 1 N–H and O–H groups in total. The smallest absolute Gasteiger partial charge is 0.0663 e. The van der Waals surface area contributed by atoms with Gasteiger partial charge in [-0.3, -0.25) is 4.68 Å². The topological polar surface area (TPSA) is 29.9 Å². The van der Waals surface area contributed by atoms with E-state index in [0.717, 1.165) is 19.6 Å². The second-order valence-corrected chi connectivity index (χ2v) is 4.76. The van der Waals surface area contributed by atoms with Crippen LogP contribution < -0.4 is 5.32 Å². The first-order valence-electron chi connectivity index (χ1n) is 6.47. The predicted molar refractivity (Wildman–Crippen MR) is 74.6 cm³/mol. The summed E-state index contributed by atoms with van der Waals surface area (Å²) in [6.45, 7) is 9.09. The summed E-state index contributed by atoms with van der Waals surface area (Å²) in [6, 6.07) is 8.73. The van der Waals surface area contributed by atoms with E-state index in [-0.39, 0.29) is 0 Å². The summed E-state index contributed by atoms with van der Waals surface area (Å²) in [5, 5.41) is 7.74. The lowest BCUT2D eigenvalue weighted by Crippen LogP contribution is -2.16. The number of rotatable bonds is 5. The molecule has 96 valence electrons. The van der Waals surface area contributed by atoms with Crippen LogP contribution in [0.15, 0.2) is 30.5 Å². The zero-order valence-corrected chi connectivity index (χ0v) is 11.4. The molecule has 0 bridgehead atoms. The Kier molecular flexibility index (Phi) is 4.15. The molecular weight excluding hydrogens is 222 g/mol. The molecule has 18 heavy (non-hydrogen) atoms. The number of aromatic nitrogens is 2. The minimum Gasteiger partial charge on any atom is -0.311 e. The summed E-state index contributed by atoms with van der Waals surface area (Å²) in [5.41, 5.74) is 5.17. The summed E-state index contributed by atoms with van der Waals surface area (Å²) >= 11 is 0. The molecule has 1 aromatic carbocycles. The lowest BCUT2D eigenvalue weighted by Gasteiger charge is -2.09. The van der Waals surface area contributed by atoms with Crippen molar-refractivity contribution in [2.45, 2.75) is 33.9 Å². The van der Waals surface area contributed by atoms with Gasteiger partial charge in [0.05, 0.1) is 12.2 Å². The van der Waals surface area contributed by atoms with Crippen molar-refractivity contribution in [3.63, 3.8) is 0 Å². The van der Waals surface area contributed by atoms with Gasteiger partial charge in [-0.25, -0.2) is 0 Å². The van der Waals surface area contributed by atoms with Crippen LogP contribution in [-0.4, -0.2) is 16.3 Å². The van der Waals surface area contributed by atoms with Crippen molar-refractivity contribution >= 4 is 0 Å². The van der Waals surface area contributed by atoms with Crippen LogP contribution in [0.2, 0.25) is 0 Å². The minimum absolute atomic E-state index is 0.843. The number of nitrogens with one attached hydrogen (secondary N) is 1. The van der Waals surface area contributed by atoms with Gasteiger partial charge in [-0.2, -0.15) is 5.10 Å². The first-order valence-corrected chi connectivity index (χ1v) is 6.47. The average molecular weight is 243 g/mol. The van der Waals surface area contributed by atoms with Gasteiger partial charge in [-0.05, 0) is 32.0 Å². The number of benzene rings is 1. The SMILES string of the molecule is CCNCc1ccnn1Cc1cc(C)cc(C)c1. The Bertz CT molecular complexity index is 494. The van der Waals surface area contributed by atoms with Crippen LogP contribution in [0.3, 0.4) is 0 Å². The van der Waals surface area contributed by atoms with E-state index < -0.39 is 0 Å². The van der Waals surface area contributed by atoms with E-state index >= 15 is 0 Å². The van der Waals surface area contributed by atoms with Crippen LogP contribution in [-0.2, 0) is 13.1 Å². The Morgan fingerprint density at radius 1 is 1.17 bits per heavy atom. The van der Waals surface area contributed by atoms with Crippen molar-refractivity contribution in [3.8, 4) is 0 Å². The molecule has 0 saturated carbocycles. The average Bonchev–Trinajstić information content (AvgIpc) is 2.72. The first kappa shape index (κ1) is 12.8. The Balaban J connectivity index is 2.15. The van der Waals surface area contributed by atoms with E-state index in [1.54, 1.807) is 0 Å². The standard InChI is InChI=1S/C15H21N3/c1-4-16-10-15-5-6-17-18(15)11-14-8-12(2)7-13(3)9-14/h5-9,16H,4,10-11H2,1-3H3. The van der Waals surface area contributed by atoms with Crippen molar-refractivity contribution in [3.05, 3.63) is 52.8 Å². The molecule has 0 atom stereocenters. The summed E-state index contributed by atoms with van der Waals surface area (Å²) in [4.78, 5) is 0. The maximum atomic E-state index is 4.40. The zero-order chi connectivity index (χ0) is 13.0. The van der Waals surface area contributed by atoms with Crippen LogP contribution in [0.25, 0.3) is 0 Å². The second-order valence-electron chi connectivity index (χ2n) is 4.76. The van der Waals surface area contributed by atoms with Gasteiger partial charge in [-0.15, -0.1) is 0 Å². The molecule has 3 nitrogen and oxygen atoms in total. The van der Waals surface area contributed by atoms with E-state index in [0.29, 0.717) is 0 Å². The molecule has 2 rings (SSSR count). The number of nitrogens with zero attached hydrogens (tertiary/aromatic N) is 2. The Labute approximate surface area is 109 Å². The van der Waals surface area contributed by atoms with Gasteiger partial charge < -0.3 is 5.32 Å². The van der Waals surface area contributed by atoms with Crippen molar-refractivity contribution in [1.82, 2.24) is 15.1 Å². The summed E-state index contributed by atoms with van der Waals surface area (Å²) in [5.74, 6) is 0. The maximum absolute atomic E-state index is 4.40. The molecule has 2 aromatic rings. The van der Waals surface area contributed by atoms with E-state index in [4.69, 9.17) is 0 Å². The highest BCUT2D eigenvalue weighted by atomic mass is 15.3. The Morgan fingerprint density at radius 2 is 1.89 bits per heavy atom. The molecule has 0 radical (unpaired) electrons. The third-order valence-electron chi connectivity index (χ3n) is 2.97. The van der Waals surface area contributed by atoms with Gasteiger partial charge in [0.2, 0.25) is 0 Å². The number of aryl methyl sites for hydroxylation is 2. The monoisotopic (exact) mass is 243 g/mol. The van der Waals surface area contributed by atoms with Gasteiger partial charge in [-0.1, -0.05) is 36.2 Å². The molecule has 1 aromatic heterocycles. The van der Waals surface area contributed by atoms with Crippen molar-refractivity contribution < 1.29 is 0 Å². The van der Waals surface area contributed by atoms with Crippen LogP contribution in [0.1, 0.15) is 29.3 Å². The molecule has 0 unspecified atom stereocenters. The summed E-state index contributed by atoms with van der Waals surface area (Å²) < 4.78 is 2.07. The fourth-order valence-corrected chi connectivity index (χ4v) is 2.24. The maximum Gasteiger partial charge on any atom is 0.0663 e. The fraction of sp³-hybridized carbons (Fsp3) is 0.400. The van der Waals surface area contributed by atoms with Gasteiger partial charge in [0.25, 0.3) is 0 Å². The normalized spacial score (nSPS) is 10.8. The molecule has 1 heterocycles. The highest BCUT2D eigenvalue weighted by molar-refractivity contribution is 5.28. The molecule has 0 aliphatic carbocycles. The van der Waals surface area contributed by atoms with Crippen molar-refractivity contribution in [2.75, 3.05) is 6.54 Å². The lowest BCUT2D eigenvalue weighted by atomic mass is 10.1. The lowest BCUT2D eigenvalue weighted by molar-refractivity contribution is 0.605. The fourth-order valence-electron chi connectivity index (χ4n) is 2.24. The van der Waals surface area contributed by atoms with E-state index in [2.05, 4.69) is 60.1 Å². The largest absolute Gasteiger partial charge is 0.311 e. The molecule has 0 saturated heterocycles. The molecule has 0 aliphatic heterocycles. The molecule has 0 amide bonds. The van der Waals surface area contributed by atoms with Gasteiger partial charge in [0.15, 0.2) is 0 Å². The molecular formula is C15H21N3. The third-order valence-corrected chi connectivity index (χ3v) is 2.97. The van der Waals surface area contributed by atoms with Gasteiger partial charge in [0, 0.05) is 12.7 Å². The van der Waals surface area contributed by atoms with E-state index in [1.807, 2.05) is 6.20 Å². The third kappa shape index (κ3) is 3.20. The van der Waals surface area contributed by atoms with Gasteiger partial charge >= 0.3 is 0 Å². The summed E-state index contributed by atoms with van der Waals surface area (Å²) in [6.07, 6.45) is 1.87. The molecule has 0 aliphatic rings. The van der Waals surface area contributed by atoms with Crippen LogP contribution in [0.5, 0.6) is 0 Å². The number of hydrogen-bond acceptors (Lipinski definition) is 2. The molecule has 0 fully saturated rings. The van der Waals surface area contributed by atoms with E-state index in [9.17, 15) is 0 Å². The van der Waals surface area contributed by atoms with Crippen molar-refractivity contribution in [2.24, 2.45) is 0 Å². The second kappa shape index (κ2) is 5.83. The molecule has 3 heteroatoms. The van der Waals surface area contributed by atoms with Crippen LogP contribution >= 0.6 is 0 Å². The van der Waals surface area contributed by atoms with E-state index in [1.165, 1.54) is 22.4 Å². The first-order chi connectivity index (χ1) is 8.69.